The Kier molecular flexibility index (Phi) is 10.1. The lowest BCUT2D eigenvalue weighted by Crippen LogP contribution is -2.59. The molecule has 0 aromatic rings. The fraction of sp³-hybridized carbons (Fsp3) is 0.714. The normalized spacial score (nSPS) is 15.6. The average molecular weight is 378 g/mol. The summed E-state index contributed by atoms with van der Waals surface area (Å²) < 4.78 is 0. The van der Waals surface area contributed by atoms with Crippen LogP contribution in [0.4, 0.5) is 0 Å². The number of carbonyl (C=O) groups excluding carboxylic acids is 3. The van der Waals surface area contributed by atoms with Crippen molar-refractivity contribution in [2.75, 3.05) is 12.3 Å². The van der Waals surface area contributed by atoms with Gasteiger partial charge in [0, 0.05) is 5.75 Å². The Morgan fingerprint density at radius 3 is 2.00 bits per heavy atom. The molecule has 0 spiro atoms. The fourth-order valence-corrected chi connectivity index (χ4v) is 2.00. The van der Waals surface area contributed by atoms with E-state index in [-0.39, 0.29) is 11.7 Å². The zero-order chi connectivity index (χ0) is 19.7. The molecule has 0 heterocycles. The lowest BCUT2D eigenvalue weighted by molar-refractivity contribution is -0.138. The highest BCUT2D eigenvalue weighted by molar-refractivity contribution is 7.80. The molecule has 0 aliphatic heterocycles. The van der Waals surface area contributed by atoms with Gasteiger partial charge in [-0.1, -0.05) is 13.8 Å². The summed E-state index contributed by atoms with van der Waals surface area (Å²) in [6.45, 7) is 4.11. The van der Waals surface area contributed by atoms with Gasteiger partial charge in [0.25, 0.3) is 0 Å². The molecule has 0 saturated heterocycles. The number of carboxylic acid groups (broad SMARTS) is 1. The number of nitrogens with one attached hydrogen (secondary N) is 3. The maximum absolute atomic E-state index is 12.4. The Morgan fingerprint density at radius 2 is 1.60 bits per heavy atom. The number of amides is 3. The van der Waals surface area contributed by atoms with Crippen LogP contribution in [0, 0.1) is 5.92 Å². The first-order chi connectivity index (χ1) is 11.5. The van der Waals surface area contributed by atoms with Crippen molar-refractivity contribution < 1.29 is 29.4 Å². The van der Waals surface area contributed by atoms with Crippen molar-refractivity contribution in [3.05, 3.63) is 0 Å². The van der Waals surface area contributed by atoms with Crippen molar-refractivity contribution in [1.29, 1.82) is 0 Å². The number of hydrogen-bond donors (Lipinski definition) is 7. The van der Waals surface area contributed by atoms with E-state index in [2.05, 4.69) is 28.6 Å². The average Bonchev–Trinajstić information content (AvgIpc) is 2.53. The second kappa shape index (κ2) is 10.9. The molecule has 0 bridgehead atoms. The summed E-state index contributed by atoms with van der Waals surface area (Å²) >= 11 is 3.96. The molecule has 3 amide bonds. The molecule has 0 radical (unpaired) electrons. The quantitative estimate of drug-likeness (QED) is 0.205. The van der Waals surface area contributed by atoms with E-state index in [0.717, 1.165) is 0 Å². The molecule has 0 rings (SSSR count). The van der Waals surface area contributed by atoms with Gasteiger partial charge in [0.05, 0.1) is 6.10 Å². The van der Waals surface area contributed by atoms with Crippen LogP contribution in [-0.2, 0) is 19.2 Å². The van der Waals surface area contributed by atoms with E-state index in [0.29, 0.717) is 0 Å². The molecule has 144 valence electrons. The summed E-state index contributed by atoms with van der Waals surface area (Å²) in [5, 5.41) is 24.9. The Morgan fingerprint density at radius 1 is 1.04 bits per heavy atom. The number of nitrogens with two attached hydrogens (primary N) is 1. The summed E-state index contributed by atoms with van der Waals surface area (Å²) in [4.78, 5) is 46.6. The largest absolute Gasteiger partial charge is 0.480 e. The molecule has 7 N–H and O–H groups in total. The van der Waals surface area contributed by atoms with Gasteiger partial charge in [0.15, 0.2) is 0 Å². The minimum absolute atomic E-state index is 0.0663. The number of carboxylic acids is 1. The third-order valence-corrected chi connectivity index (χ3v) is 3.66. The second-order valence-corrected chi connectivity index (χ2v) is 6.22. The minimum Gasteiger partial charge on any atom is -0.480 e. The monoisotopic (exact) mass is 378 g/mol. The van der Waals surface area contributed by atoms with Crippen LogP contribution in [0.1, 0.15) is 20.8 Å². The standard InChI is InChI=1S/C14H26N4O6S/c1-6(2)11(18-13(23)10(15)7(3)19)14(24)17-8(5-25)12(22)16-4-9(20)21/h6-8,10-11,19,25H,4-5,15H2,1-3H3,(H,16,22)(H,17,24)(H,18,23)(H,20,21). The van der Waals surface area contributed by atoms with E-state index in [4.69, 9.17) is 10.8 Å². The second-order valence-electron chi connectivity index (χ2n) is 5.85. The molecule has 0 aromatic carbocycles. The number of hydrogen-bond acceptors (Lipinski definition) is 7. The number of thiol groups is 1. The summed E-state index contributed by atoms with van der Waals surface area (Å²) in [6.07, 6.45) is -1.09. The van der Waals surface area contributed by atoms with Crippen molar-refractivity contribution in [3.63, 3.8) is 0 Å². The van der Waals surface area contributed by atoms with Crippen molar-refractivity contribution in [2.45, 2.75) is 45.0 Å². The molecule has 11 heteroatoms. The summed E-state index contributed by atoms with van der Waals surface area (Å²) in [6, 6.07) is -3.26. The molecule has 0 aliphatic carbocycles. The Balaban J connectivity index is 4.94. The highest BCUT2D eigenvalue weighted by Gasteiger charge is 2.30. The van der Waals surface area contributed by atoms with Crippen molar-refractivity contribution in [1.82, 2.24) is 16.0 Å². The van der Waals surface area contributed by atoms with Crippen LogP contribution in [0.25, 0.3) is 0 Å². The molecule has 25 heavy (non-hydrogen) atoms. The summed E-state index contributed by atoms with van der Waals surface area (Å²) in [5.74, 6) is -3.68. The van der Waals surface area contributed by atoms with Gasteiger partial charge in [-0.2, -0.15) is 12.6 Å². The SMILES string of the molecule is CC(C)C(NC(=O)C(N)C(C)O)C(=O)NC(CS)C(=O)NCC(=O)O. The maximum Gasteiger partial charge on any atom is 0.322 e. The first-order valence-electron chi connectivity index (χ1n) is 7.66. The smallest absolute Gasteiger partial charge is 0.322 e. The number of aliphatic hydroxyl groups excluding tert-OH is 1. The third kappa shape index (κ3) is 8.18. The lowest BCUT2D eigenvalue weighted by atomic mass is 10.0. The highest BCUT2D eigenvalue weighted by atomic mass is 32.1. The van der Waals surface area contributed by atoms with Gasteiger partial charge in [-0.05, 0) is 12.8 Å². The highest BCUT2D eigenvalue weighted by Crippen LogP contribution is 2.04. The first kappa shape index (κ1) is 23.1. The van der Waals surface area contributed by atoms with Gasteiger partial charge in [-0.3, -0.25) is 19.2 Å². The Bertz CT molecular complexity index is 500. The number of rotatable bonds is 10. The maximum atomic E-state index is 12.4. The molecule has 0 saturated carbocycles. The number of aliphatic carboxylic acids is 1. The predicted octanol–water partition coefficient (Wildman–Crippen LogP) is -2.55. The zero-order valence-corrected chi connectivity index (χ0v) is 15.2. The minimum atomic E-state index is -1.22. The van der Waals surface area contributed by atoms with E-state index in [1.807, 2.05) is 0 Å². The van der Waals surface area contributed by atoms with E-state index < -0.39 is 54.5 Å². The molecule has 10 nitrogen and oxygen atoms in total. The van der Waals surface area contributed by atoms with Crippen molar-refractivity contribution in [2.24, 2.45) is 11.7 Å². The van der Waals surface area contributed by atoms with Crippen LogP contribution in [0.15, 0.2) is 0 Å². The van der Waals surface area contributed by atoms with Gasteiger partial charge in [-0.25, -0.2) is 0 Å². The summed E-state index contributed by atoms with van der Waals surface area (Å²) in [5.41, 5.74) is 5.53. The number of carbonyl (C=O) groups is 4. The van der Waals surface area contributed by atoms with E-state index in [1.54, 1.807) is 13.8 Å². The lowest BCUT2D eigenvalue weighted by Gasteiger charge is -2.26. The van der Waals surface area contributed by atoms with Crippen LogP contribution in [-0.4, -0.2) is 70.4 Å². The van der Waals surface area contributed by atoms with E-state index >= 15 is 0 Å². The molecule has 0 aromatic heterocycles. The third-order valence-electron chi connectivity index (χ3n) is 3.30. The van der Waals surface area contributed by atoms with Crippen LogP contribution in [0.3, 0.4) is 0 Å². The van der Waals surface area contributed by atoms with Gasteiger partial charge >= 0.3 is 5.97 Å². The molecule has 0 fully saturated rings. The molecule has 0 aliphatic rings. The zero-order valence-electron chi connectivity index (χ0n) is 14.4. The molecular weight excluding hydrogens is 352 g/mol. The van der Waals surface area contributed by atoms with E-state index in [9.17, 15) is 24.3 Å². The van der Waals surface area contributed by atoms with Crippen LogP contribution < -0.4 is 21.7 Å². The van der Waals surface area contributed by atoms with E-state index in [1.165, 1.54) is 6.92 Å². The number of aliphatic hydroxyl groups is 1. The predicted molar refractivity (Wildman–Crippen MR) is 92.9 cm³/mol. The van der Waals surface area contributed by atoms with Crippen LogP contribution in [0.5, 0.6) is 0 Å². The van der Waals surface area contributed by atoms with Crippen molar-refractivity contribution in [3.8, 4) is 0 Å². The molecular formula is C14H26N4O6S. The fourth-order valence-electron chi connectivity index (χ4n) is 1.75. The first-order valence-corrected chi connectivity index (χ1v) is 8.29. The molecule has 4 atom stereocenters. The Hall–Kier alpha value is -1.85. The van der Waals surface area contributed by atoms with Crippen LogP contribution in [0.2, 0.25) is 0 Å². The Labute approximate surface area is 151 Å². The van der Waals surface area contributed by atoms with Gasteiger partial charge in [0.1, 0.15) is 24.7 Å². The van der Waals surface area contributed by atoms with Gasteiger partial charge in [0.2, 0.25) is 17.7 Å². The van der Waals surface area contributed by atoms with Crippen LogP contribution >= 0.6 is 12.6 Å². The molecule has 4 unspecified atom stereocenters. The topological polar surface area (TPSA) is 171 Å². The summed E-state index contributed by atoms with van der Waals surface area (Å²) in [7, 11) is 0. The van der Waals surface area contributed by atoms with Gasteiger partial charge in [-0.15, -0.1) is 0 Å². The van der Waals surface area contributed by atoms with Gasteiger partial charge < -0.3 is 31.9 Å². The van der Waals surface area contributed by atoms with Crippen molar-refractivity contribution >= 4 is 36.3 Å².